The normalized spacial score (nSPS) is 10.3. The number of nitrogens with zero attached hydrogens (tertiary/aromatic N) is 1. The number of carbonyl (C=O) groups excluding carboxylic acids is 1. The Morgan fingerprint density at radius 2 is 2.17 bits per heavy atom. The molecule has 1 amide bonds. The van der Waals surface area contributed by atoms with Crippen LogP contribution in [0.1, 0.15) is 16.1 Å². The molecule has 0 aliphatic heterocycles. The van der Waals surface area contributed by atoms with E-state index in [-0.39, 0.29) is 17.8 Å². The summed E-state index contributed by atoms with van der Waals surface area (Å²) in [6, 6.07) is 1.56. The lowest BCUT2D eigenvalue weighted by Gasteiger charge is -2.06. The third-order valence-corrected chi connectivity index (χ3v) is 2.88. The summed E-state index contributed by atoms with van der Waals surface area (Å²) in [6.07, 6.45) is 0. The fourth-order valence-electron chi connectivity index (χ4n) is 1.33. The molecule has 18 heavy (non-hydrogen) atoms. The summed E-state index contributed by atoms with van der Waals surface area (Å²) >= 11 is 1.39. The molecule has 3 N–H and O–H groups in total. The van der Waals surface area contributed by atoms with Crippen molar-refractivity contribution in [2.45, 2.75) is 6.54 Å². The van der Waals surface area contributed by atoms with Gasteiger partial charge >= 0.3 is 0 Å². The maximum absolute atomic E-state index is 13.4. The summed E-state index contributed by atoms with van der Waals surface area (Å²) in [7, 11) is 0. The van der Waals surface area contributed by atoms with Crippen molar-refractivity contribution in [2.24, 2.45) is 0 Å². The quantitative estimate of drug-likeness (QED) is 0.837. The number of carbonyl (C=O) groups is 1. The van der Waals surface area contributed by atoms with Crippen LogP contribution in [0.2, 0.25) is 0 Å². The molecule has 0 saturated heterocycles. The van der Waals surface area contributed by atoms with Gasteiger partial charge in [-0.1, -0.05) is 0 Å². The maximum atomic E-state index is 13.4. The topological polar surface area (TPSA) is 68.0 Å². The van der Waals surface area contributed by atoms with Crippen molar-refractivity contribution in [3.63, 3.8) is 0 Å². The number of thiazole rings is 1. The molecule has 1 aromatic carbocycles. The molecule has 7 heteroatoms. The summed E-state index contributed by atoms with van der Waals surface area (Å²) in [5, 5.41) is 4.24. The number of halogens is 2. The highest BCUT2D eigenvalue weighted by molar-refractivity contribution is 7.07. The minimum atomic E-state index is -0.947. The van der Waals surface area contributed by atoms with Gasteiger partial charge in [-0.3, -0.25) is 4.79 Å². The fraction of sp³-hybridized carbons (Fsp3) is 0.0909. The molecule has 0 unspecified atom stereocenters. The molecule has 0 radical (unpaired) electrons. The molecule has 0 fully saturated rings. The molecule has 2 rings (SSSR count). The highest BCUT2D eigenvalue weighted by Gasteiger charge is 2.14. The SMILES string of the molecule is Nc1cc(C(=O)NCc2cscn2)c(F)cc1F. The smallest absolute Gasteiger partial charge is 0.254 e. The molecular weight excluding hydrogens is 260 g/mol. The van der Waals surface area contributed by atoms with Crippen molar-refractivity contribution in [3.05, 3.63) is 45.9 Å². The van der Waals surface area contributed by atoms with E-state index in [1.54, 1.807) is 10.9 Å². The molecule has 0 spiro atoms. The molecule has 0 aliphatic rings. The number of rotatable bonds is 3. The summed E-state index contributed by atoms with van der Waals surface area (Å²) in [6.45, 7) is 0.180. The van der Waals surface area contributed by atoms with Crippen LogP contribution in [0.5, 0.6) is 0 Å². The Hall–Kier alpha value is -2.02. The summed E-state index contributed by atoms with van der Waals surface area (Å²) < 4.78 is 26.3. The molecule has 2 aromatic rings. The molecule has 1 aromatic heterocycles. The van der Waals surface area contributed by atoms with Crippen LogP contribution in [-0.4, -0.2) is 10.9 Å². The molecular formula is C11H9F2N3OS. The number of hydrogen-bond donors (Lipinski definition) is 2. The second kappa shape index (κ2) is 5.09. The second-order valence-corrected chi connectivity index (χ2v) is 4.23. The zero-order valence-corrected chi connectivity index (χ0v) is 9.93. The number of hydrogen-bond acceptors (Lipinski definition) is 4. The van der Waals surface area contributed by atoms with Gasteiger partial charge in [0.15, 0.2) is 0 Å². The van der Waals surface area contributed by atoms with Gasteiger partial charge in [0, 0.05) is 11.4 Å². The van der Waals surface area contributed by atoms with Crippen LogP contribution in [0.3, 0.4) is 0 Å². The van der Waals surface area contributed by atoms with Gasteiger partial charge < -0.3 is 11.1 Å². The number of aromatic nitrogens is 1. The van der Waals surface area contributed by atoms with Gasteiger partial charge in [-0.05, 0) is 6.07 Å². The number of anilines is 1. The minimum absolute atomic E-state index is 0.180. The van der Waals surface area contributed by atoms with Crippen LogP contribution < -0.4 is 11.1 Å². The van der Waals surface area contributed by atoms with Crippen molar-refractivity contribution in [1.29, 1.82) is 0 Å². The standard InChI is InChI=1S/C11H9F2N3OS/c12-8-2-9(13)10(14)1-7(8)11(17)15-3-6-4-18-5-16-6/h1-2,4-5H,3,14H2,(H,15,17). The highest BCUT2D eigenvalue weighted by atomic mass is 32.1. The third-order valence-electron chi connectivity index (χ3n) is 2.24. The van der Waals surface area contributed by atoms with E-state index in [2.05, 4.69) is 10.3 Å². The van der Waals surface area contributed by atoms with Crippen LogP contribution in [-0.2, 0) is 6.54 Å². The minimum Gasteiger partial charge on any atom is -0.396 e. The summed E-state index contributed by atoms with van der Waals surface area (Å²) in [5.74, 6) is -2.49. The molecule has 0 bridgehead atoms. The first kappa shape index (κ1) is 12.4. The van der Waals surface area contributed by atoms with Gasteiger partial charge in [0.2, 0.25) is 0 Å². The van der Waals surface area contributed by atoms with Gasteiger partial charge in [-0.2, -0.15) is 0 Å². The van der Waals surface area contributed by atoms with Crippen LogP contribution in [0, 0.1) is 11.6 Å². The third kappa shape index (κ3) is 2.62. The Labute approximate surface area is 105 Å². The van der Waals surface area contributed by atoms with E-state index in [1.165, 1.54) is 11.3 Å². The lowest BCUT2D eigenvalue weighted by Crippen LogP contribution is -2.24. The van der Waals surface area contributed by atoms with E-state index in [9.17, 15) is 13.6 Å². The van der Waals surface area contributed by atoms with Crippen LogP contribution in [0.15, 0.2) is 23.0 Å². The van der Waals surface area contributed by atoms with Crippen molar-refractivity contribution in [1.82, 2.24) is 10.3 Å². The van der Waals surface area contributed by atoms with Crippen molar-refractivity contribution in [2.75, 3.05) is 5.73 Å². The Bertz CT molecular complexity index is 572. The first-order valence-electron chi connectivity index (χ1n) is 4.97. The first-order valence-corrected chi connectivity index (χ1v) is 5.92. The van der Waals surface area contributed by atoms with Crippen molar-refractivity contribution < 1.29 is 13.6 Å². The lowest BCUT2D eigenvalue weighted by molar-refractivity contribution is 0.0946. The van der Waals surface area contributed by atoms with E-state index in [4.69, 9.17) is 5.73 Å². The Balaban J connectivity index is 2.11. The Kier molecular flexibility index (Phi) is 3.52. The predicted molar refractivity (Wildman–Crippen MR) is 64.1 cm³/mol. The molecule has 0 saturated carbocycles. The number of amides is 1. The zero-order chi connectivity index (χ0) is 13.1. The highest BCUT2D eigenvalue weighted by Crippen LogP contribution is 2.16. The van der Waals surface area contributed by atoms with E-state index in [1.807, 2.05) is 0 Å². The number of nitrogens with one attached hydrogen (secondary N) is 1. The van der Waals surface area contributed by atoms with Crippen LogP contribution in [0.25, 0.3) is 0 Å². The molecule has 4 nitrogen and oxygen atoms in total. The number of nitrogen functional groups attached to an aromatic ring is 1. The largest absolute Gasteiger partial charge is 0.396 e. The lowest BCUT2D eigenvalue weighted by atomic mass is 10.1. The average molecular weight is 269 g/mol. The van der Waals surface area contributed by atoms with Gasteiger partial charge in [0.05, 0.1) is 29.0 Å². The van der Waals surface area contributed by atoms with Crippen molar-refractivity contribution in [3.8, 4) is 0 Å². The molecule has 0 aliphatic carbocycles. The Morgan fingerprint density at radius 1 is 1.39 bits per heavy atom. The van der Waals surface area contributed by atoms with Crippen LogP contribution in [0.4, 0.5) is 14.5 Å². The second-order valence-electron chi connectivity index (χ2n) is 3.52. The maximum Gasteiger partial charge on any atom is 0.254 e. The van der Waals surface area contributed by atoms with Crippen LogP contribution >= 0.6 is 11.3 Å². The number of nitrogens with two attached hydrogens (primary N) is 1. The van der Waals surface area contributed by atoms with E-state index >= 15 is 0 Å². The average Bonchev–Trinajstić information content (AvgIpc) is 2.84. The number of benzene rings is 1. The summed E-state index contributed by atoms with van der Waals surface area (Å²) in [5.41, 5.74) is 7.02. The molecule has 94 valence electrons. The van der Waals surface area contributed by atoms with E-state index < -0.39 is 17.5 Å². The first-order chi connectivity index (χ1) is 8.58. The van der Waals surface area contributed by atoms with Crippen molar-refractivity contribution >= 4 is 22.9 Å². The van der Waals surface area contributed by atoms with Gasteiger partial charge in [0.1, 0.15) is 11.6 Å². The Morgan fingerprint density at radius 3 is 2.83 bits per heavy atom. The van der Waals surface area contributed by atoms with Gasteiger partial charge in [0.25, 0.3) is 5.91 Å². The summed E-state index contributed by atoms with van der Waals surface area (Å²) in [4.78, 5) is 15.6. The van der Waals surface area contributed by atoms with E-state index in [0.717, 1.165) is 6.07 Å². The molecule has 0 atom stereocenters. The van der Waals surface area contributed by atoms with Gasteiger partial charge in [-0.15, -0.1) is 11.3 Å². The zero-order valence-electron chi connectivity index (χ0n) is 9.11. The van der Waals surface area contributed by atoms with E-state index in [0.29, 0.717) is 11.8 Å². The monoisotopic (exact) mass is 269 g/mol. The predicted octanol–water partition coefficient (Wildman–Crippen LogP) is 1.93. The van der Waals surface area contributed by atoms with Gasteiger partial charge in [-0.25, -0.2) is 13.8 Å². The fourth-order valence-corrected chi connectivity index (χ4v) is 1.89. The molecule has 1 heterocycles.